The van der Waals surface area contributed by atoms with Crippen molar-refractivity contribution in [3.63, 3.8) is 0 Å². The molecular weight excluding hydrogens is 466 g/mol. The molecule has 1 aromatic carbocycles. The van der Waals surface area contributed by atoms with Gasteiger partial charge in [0.25, 0.3) is 10.1 Å². The number of carbonyl (C=O) groups is 3. The Morgan fingerprint density at radius 1 is 0.941 bits per heavy atom. The van der Waals surface area contributed by atoms with Gasteiger partial charge < -0.3 is 25.8 Å². The fourth-order valence-electron chi connectivity index (χ4n) is 3.07. The third-order valence-electron chi connectivity index (χ3n) is 4.89. The average molecular weight is 502 g/mol. The van der Waals surface area contributed by atoms with Crippen LogP contribution in [0.5, 0.6) is 0 Å². The molecule has 0 aliphatic heterocycles. The second-order valence-electron chi connectivity index (χ2n) is 8.81. The molecule has 1 aromatic rings. The van der Waals surface area contributed by atoms with E-state index < -0.39 is 51.6 Å². The van der Waals surface area contributed by atoms with Crippen molar-refractivity contribution in [2.24, 2.45) is 11.8 Å². The summed E-state index contributed by atoms with van der Waals surface area (Å²) in [6, 6.07) is 5.58. The van der Waals surface area contributed by atoms with Crippen LogP contribution in [0.3, 0.4) is 0 Å². The van der Waals surface area contributed by atoms with Crippen molar-refractivity contribution < 1.29 is 37.2 Å². The molecule has 34 heavy (non-hydrogen) atoms. The Balaban J connectivity index is 2.74. The molecule has 0 fully saturated rings. The molecule has 4 atom stereocenters. The van der Waals surface area contributed by atoms with E-state index in [9.17, 15) is 27.9 Å². The second kappa shape index (κ2) is 13.3. The standard InChI is InChI=1S/C22H35N3O8S/c1-13(2)11-17(21(28)34(30,31)32)24-19(26)15(5)23-20(27)18(14(3)4)25-22(29)33-12-16-9-7-6-8-10-16/h6-10,13-15,17-18,21,28H,11-12H2,1-5H3,(H,23,27)(H,24,26)(H,25,29)(H,30,31,32)/t15-,17?,18-,21?/m0/s1. The minimum Gasteiger partial charge on any atom is -0.445 e. The quantitative estimate of drug-likeness (QED) is 0.266. The third kappa shape index (κ3) is 10.1. The first-order valence-corrected chi connectivity index (χ1v) is 12.4. The average Bonchev–Trinajstić information content (AvgIpc) is 2.74. The number of hydrogen-bond donors (Lipinski definition) is 5. The molecule has 5 N–H and O–H groups in total. The molecule has 11 nitrogen and oxygen atoms in total. The molecule has 0 heterocycles. The maximum Gasteiger partial charge on any atom is 0.408 e. The molecule has 1 rings (SSSR count). The van der Waals surface area contributed by atoms with Crippen LogP contribution in [-0.2, 0) is 31.1 Å². The molecule has 0 aliphatic rings. The minimum atomic E-state index is -4.81. The number of carbonyl (C=O) groups excluding carboxylic acids is 3. The zero-order valence-corrected chi connectivity index (χ0v) is 20.8. The molecule has 3 amide bonds. The van der Waals surface area contributed by atoms with Crippen LogP contribution >= 0.6 is 0 Å². The van der Waals surface area contributed by atoms with Crippen LogP contribution in [0.4, 0.5) is 4.79 Å². The topological polar surface area (TPSA) is 171 Å². The van der Waals surface area contributed by atoms with Gasteiger partial charge in [-0.25, -0.2) is 4.79 Å². The van der Waals surface area contributed by atoms with Gasteiger partial charge in [-0.3, -0.25) is 14.1 Å². The Bertz CT molecular complexity index is 921. The second-order valence-corrected chi connectivity index (χ2v) is 10.3. The van der Waals surface area contributed by atoms with E-state index in [4.69, 9.17) is 9.29 Å². The summed E-state index contributed by atoms with van der Waals surface area (Å²) in [5.41, 5.74) is -1.44. The SMILES string of the molecule is CC(C)CC(NC(=O)[C@H](C)NC(=O)[C@@H](NC(=O)OCc1ccccc1)C(C)C)C(O)S(=O)(=O)O. The van der Waals surface area contributed by atoms with Crippen molar-refractivity contribution in [1.29, 1.82) is 0 Å². The van der Waals surface area contributed by atoms with E-state index >= 15 is 0 Å². The van der Waals surface area contributed by atoms with Crippen molar-refractivity contribution in [2.75, 3.05) is 0 Å². The lowest BCUT2D eigenvalue weighted by Crippen LogP contribution is -2.57. The van der Waals surface area contributed by atoms with Crippen LogP contribution in [-0.4, -0.2) is 59.5 Å². The molecule has 192 valence electrons. The zero-order chi connectivity index (χ0) is 26.1. The number of rotatable bonds is 12. The Morgan fingerprint density at radius 3 is 2.03 bits per heavy atom. The Kier molecular flexibility index (Phi) is 11.4. The number of alkyl carbamates (subject to hydrolysis) is 1. The Labute approximate surface area is 200 Å². The number of aliphatic hydroxyl groups excluding tert-OH is 1. The maximum absolute atomic E-state index is 12.7. The van der Waals surface area contributed by atoms with Gasteiger partial charge in [0.1, 0.15) is 18.7 Å². The van der Waals surface area contributed by atoms with E-state index in [1.807, 2.05) is 6.07 Å². The molecule has 0 radical (unpaired) electrons. The lowest BCUT2D eigenvalue weighted by Gasteiger charge is -2.27. The predicted molar refractivity (Wildman–Crippen MR) is 125 cm³/mol. The van der Waals surface area contributed by atoms with Gasteiger partial charge in [0.05, 0.1) is 6.04 Å². The van der Waals surface area contributed by atoms with E-state index in [0.717, 1.165) is 5.56 Å². The molecule has 12 heteroatoms. The summed E-state index contributed by atoms with van der Waals surface area (Å²) < 4.78 is 36.9. The number of nitrogens with one attached hydrogen (secondary N) is 3. The molecular formula is C22H35N3O8S. The van der Waals surface area contributed by atoms with Crippen LogP contribution in [0.2, 0.25) is 0 Å². The van der Waals surface area contributed by atoms with Gasteiger partial charge in [-0.2, -0.15) is 8.42 Å². The fourth-order valence-corrected chi connectivity index (χ4v) is 3.66. The van der Waals surface area contributed by atoms with Crippen molar-refractivity contribution in [2.45, 2.75) is 71.2 Å². The van der Waals surface area contributed by atoms with Crippen LogP contribution in [0.25, 0.3) is 0 Å². The van der Waals surface area contributed by atoms with Gasteiger partial charge in [-0.05, 0) is 30.7 Å². The van der Waals surface area contributed by atoms with Crippen molar-refractivity contribution in [1.82, 2.24) is 16.0 Å². The fraction of sp³-hybridized carbons (Fsp3) is 0.591. The molecule has 0 aromatic heterocycles. The normalized spacial score (nSPS) is 15.2. The number of benzene rings is 1. The van der Waals surface area contributed by atoms with Gasteiger partial charge in [-0.1, -0.05) is 58.0 Å². The smallest absolute Gasteiger partial charge is 0.408 e. The lowest BCUT2D eigenvalue weighted by atomic mass is 10.0. The summed E-state index contributed by atoms with van der Waals surface area (Å²) >= 11 is 0. The number of hydrogen-bond acceptors (Lipinski definition) is 7. The Morgan fingerprint density at radius 2 is 1.53 bits per heavy atom. The first kappa shape index (κ1) is 29.3. The lowest BCUT2D eigenvalue weighted by molar-refractivity contribution is -0.130. The number of amides is 3. The van der Waals surface area contributed by atoms with Crippen LogP contribution in [0.15, 0.2) is 30.3 Å². The van der Waals surface area contributed by atoms with Gasteiger partial charge in [0, 0.05) is 0 Å². The van der Waals surface area contributed by atoms with Crippen LogP contribution < -0.4 is 16.0 Å². The molecule has 0 spiro atoms. The minimum absolute atomic E-state index is 0.0191. The van der Waals surface area contributed by atoms with Crippen LogP contribution in [0.1, 0.15) is 46.6 Å². The van der Waals surface area contributed by atoms with Gasteiger partial charge in [-0.15, -0.1) is 0 Å². The highest BCUT2D eigenvalue weighted by Crippen LogP contribution is 2.12. The highest BCUT2D eigenvalue weighted by molar-refractivity contribution is 7.86. The zero-order valence-electron chi connectivity index (χ0n) is 20.0. The maximum atomic E-state index is 12.7. The molecule has 0 saturated heterocycles. The summed E-state index contributed by atoms with van der Waals surface area (Å²) in [4.78, 5) is 37.4. The molecule has 0 aliphatic carbocycles. The summed E-state index contributed by atoms with van der Waals surface area (Å²) in [5, 5.41) is 17.2. The molecule has 0 saturated carbocycles. The summed E-state index contributed by atoms with van der Waals surface area (Å²) in [7, 11) is -4.81. The summed E-state index contributed by atoms with van der Waals surface area (Å²) in [5.74, 6) is -1.86. The van der Waals surface area contributed by atoms with E-state index in [1.54, 1.807) is 52.0 Å². The Hall–Kier alpha value is -2.70. The van der Waals surface area contributed by atoms with Gasteiger partial charge in [0.15, 0.2) is 0 Å². The third-order valence-corrected chi connectivity index (χ3v) is 5.83. The van der Waals surface area contributed by atoms with Crippen molar-refractivity contribution >= 4 is 28.0 Å². The van der Waals surface area contributed by atoms with E-state index in [1.165, 1.54) is 6.92 Å². The first-order chi connectivity index (χ1) is 15.7. The molecule has 2 unspecified atom stereocenters. The first-order valence-electron chi connectivity index (χ1n) is 10.9. The monoisotopic (exact) mass is 501 g/mol. The predicted octanol–water partition coefficient (Wildman–Crippen LogP) is 1.18. The summed E-state index contributed by atoms with van der Waals surface area (Å²) in [6.07, 6.45) is -0.736. The number of aliphatic hydroxyl groups is 1. The van der Waals surface area contributed by atoms with Crippen LogP contribution in [0, 0.1) is 11.8 Å². The van der Waals surface area contributed by atoms with E-state index in [2.05, 4.69) is 16.0 Å². The van der Waals surface area contributed by atoms with Gasteiger partial charge >= 0.3 is 6.09 Å². The van der Waals surface area contributed by atoms with E-state index in [0.29, 0.717) is 0 Å². The highest BCUT2D eigenvalue weighted by atomic mass is 32.2. The van der Waals surface area contributed by atoms with E-state index in [-0.39, 0.29) is 24.9 Å². The van der Waals surface area contributed by atoms with Gasteiger partial charge in [0.2, 0.25) is 17.3 Å². The number of ether oxygens (including phenoxy) is 1. The largest absolute Gasteiger partial charge is 0.445 e. The molecule has 0 bridgehead atoms. The summed E-state index contributed by atoms with van der Waals surface area (Å²) in [6.45, 7) is 8.28. The van der Waals surface area contributed by atoms with Crippen molar-refractivity contribution in [3.8, 4) is 0 Å². The van der Waals surface area contributed by atoms with Crippen molar-refractivity contribution in [3.05, 3.63) is 35.9 Å². The highest BCUT2D eigenvalue weighted by Gasteiger charge is 2.34.